The minimum Gasteiger partial charge on any atom is -0.397 e. The maximum absolute atomic E-state index is 6.09. The summed E-state index contributed by atoms with van der Waals surface area (Å²) in [5.41, 5.74) is 10.6. The molecule has 0 radical (unpaired) electrons. The van der Waals surface area contributed by atoms with Gasteiger partial charge < -0.3 is 5.73 Å². The number of rotatable bonds is 1. The first-order valence-corrected chi connectivity index (χ1v) is 6.84. The van der Waals surface area contributed by atoms with E-state index >= 15 is 0 Å². The maximum Gasteiger partial charge on any atom is 0.0538 e. The fourth-order valence-corrected chi connectivity index (χ4v) is 2.30. The Morgan fingerprint density at radius 2 is 1.56 bits per heavy atom. The molecule has 0 aliphatic rings. The van der Waals surface area contributed by atoms with Crippen molar-refractivity contribution in [2.45, 2.75) is 26.2 Å². The molecule has 0 aromatic heterocycles. The van der Waals surface area contributed by atoms with Crippen LogP contribution in [0.1, 0.15) is 26.3 Å². The predicted octanol–water partition coefficient (Wildman–Crippen LogP) is 5.00. The molecule has 0 fully saturated rings. The van der Waals surface area contributed by atoms with Gasteiger partial charge in [-0.1, -0.05) is 57.2 Å². The van der Waals surface area contributed by atoms with E-state index in [9.17, 15) is 0 Å². The van der Waals surface area contributed by atoms with E-state index in [4.69, 9.17) is 5.73 Å². The summed E-state index contributed by atoms with van der Waals surface area (Å²) in [6.45, 7) is 6.65. The van der Waals surface area contributed by atoms with Gasteiger partial charge in [-0.3, -0.25) is 0 Å². The minimum absolute atomic E-state index is 0.182. The Balaban J connectivity index is 2.44. The standard InChI is InChI=1S/C16H18BrN/c1-16(2,3)12-9-7-11(8-10-12)13-5-4-6-14(17)15(13)18/h4-10H,18H2,1-3H3. The lowest BCUT2D eigenvalue weighted by molar-refractivity contribution is 0.590. The molecule has 0 saturated carbocycles. The van der Waals surface area contributed by atoms with Crippen molar-refractivity contribution in [2.24, 2.45) is 0 Å². The van der Waals surface area contributed by atoms with Crippen LogP contribution in [0.25, 0.3) is 11.1 Å². The predicted molar refractivity (Wildman–Crippen MR) is 82.7 cm³/mol. The van der Waals surface area contributed by atoms with E-state index in [1.54, 1.807) is 0 Å². The van der Waals surface area contributed by atoms with Crippen LogP contribution in [0, 0.1) is 0 Å². The van der Waals surface area contributed by atoms with Gasteiger partial charge >= 0.3 is 0 Å². The summed E-state index contributed by atoms with van der Waals surface area (Å²) in [5.74, 6) is 0. The molecule has 2 aromatic carbocycles. The number of halogens is 1. The second-order valence-corrected chi connectivity index (χ2v) is 6.38. The average Bonchev–Trinajstić information content (AvgIpc) is 2.32. The lowest BCUT2D eigenvalue weighted by Gasteiger charge is -2.19. The molecule has 2 N–H and O–H groups in total. The van der Waals surface area contributed by atoms with Crippen LogP contribution < -0.4 is 5.73 Å². The lowest BCUT2D eigenvalue weighted by Crippen LogP contribution is -2.10. The van der Waals surface area contributed by atoms with Gasteiger partial charge in [0.25, 0.3) is 0 Å². The Bertz CT molecular complexity index is 550. The summed E-state index contributed by atoms with van der Waals surface area (Å²) >= 11 is 3.46. The van der Waals surface area contributed by atoms with Gasteiger partial charge in [-0.2, -0.15) is 0 Å². The van der Waals surface area contributed by atoms with Gasteiger partial charge in [0.1, 0.15) is 0 Å². The van der Waals surface area contributed by atoms with Gasteiger partial charge in [0.2, 0.25) is 0 Å². The van der Waals surface area contributed by atoms with Crippen molar-refractivity contribution in [3.63, 3.8) is 0 Å². The molecule has 2 heteroatoms. The van der Waals surface area contributed by atoms with Crippen molar-refractivity contribution in [3.8, 4) is 11.1 Å². The van der Waals surface area contributed by atoms with Crippen LogP contribution in [-0.4, -0.2) is 0 Å². The molecular weight excluding hydrogens is 286 g/mol. The highest BCUT2D eigenvalue weighted by atomic mass is 79.9. The molecule has 0 amide bonds. The lowest BCUT2D eigenvalue weighted by atomic mass is 9.86. The Morgan fingerprint density at radius 1 is 0.944 bits per heavy atom. The molecule has 0 unspecified atom stereocenters. The highest BCUT2D eigenvalue weighted by molar-refractivity contribution is 9.10. The van der Waals surface area contributed by atoms with Crippen LogP contribution in [0.2, 0.25) is 0 Å². The zero-order chi connectivity index (χ0) is 13.3. The normalized spacial score (nSPS) is 11.6. The third kappa shape index (κ3) is 2.59. The largest absolute Gasteiger partial charge is 0.397 e. The van der Waals surface area contributed by atoms with Crippen molar-refractivity contribution in [1.82, 2.24) is 0 Å². The number of nitrogens with two attached hydrogens (primary N) is 1. The Hall–Kier alpha value is -1.28. The van der Waals surface area contributed by atoms with E-state index < -0.39 is 0 Å². The zero-order valence-electron chi connectivity index (χ0n) is 11.0. The summed E-state index contributed by atoms with van der Waals surface area (Å²) in [7, 11) is 0. The summed E-state index contributed by atoms with van der Waals surface area (Å²) < 4.78 is 0.944. The van der Waals surface area contributed by atoms with Crippen LogP contribution in [0.5, 0.6) is 0 Å². The van der Waals surface area contributed by atoms with Crippen molar-refractivity contribution in [1.29, 1.82) is 0 Å². The first-order chi connectivity index (χ1) is 8.39. The van der Waals surface area contributed by atoms with Gasteiger partial charge in [-0.25, -0.2) is 0 Å². The number of para-hydroxylation sites is 1. The minimum atomic E-state index is 0.182. The van der Waals surface area contributed by atoms with Crippen LogP contribution >= 0.6 is 15.9 Å². The van der Waals surface area contributed by atoms with Crippen LogP contribution in [0.4, 0.5) is 5.69 Å². The number of benzene rings is 2. The summed E-state index contributed by atoms with van der Waals surface area (Å²) in [6.07, 6.45) is 0. The maximum atomic E-state index is 6.09. The van der Waals surface area contributed by atoms with Gasteiger partial charge in [0.15, 0.2) is 0 Å². The van der Waals surface area contributed by atoms with E-state index in [1.165, 1.54) is 5.56 Å². The molecule has 0 heterocycles. The molecule has 0 spiro atoms. The number of hydrogen-bond acceptors (Lipinski definition) is 1. The highest BCUT2D eigenvalue weighted by Gasteiger charge is 2.13. The van der Waals surface area contributed by atoms with Crippen molar-refractivity contribution >= 4 is 21.6 Å². The quantitative estimate of drug-likeness (QED) is 0.737. The first-order valence-electron chi connectivity index (χ1n) is 6.04. The smallest absolute Gasteiger partial charge is 0.0538 e. The van der Waals surface area contributed by atoms with E-state index in [0.717, 1.165) is 21.3 Å². The molecule has 18 heavy (non-hydrogen) atoms. The van der Waals surface area contributed by atoms with E-state index in [-0.39, 0.29) is 5.41 Å². The fraction of sp³-hybridized carbons (Fsp3) is 0.250. The Morgan fingerprint density at radius 3 is 2.11 bits per heavy atom. The molecule has 94 valence electrons. The van der Waals surface area contributed by atoms with E-state index in [1.807, 2.05) is 18.2 Å². The van der Waals surface area contributed by atoms with Gasteiger partial charge in [-0.15, -0.1) is 0 Å². The van der Waals surface area contributed by atoms with Crippen LogP contribution in [0.3, 0.4) is 0 Å². The molecule has 0 aliphatic carbocycles. The van der Waals surface area contributed by atoms with Gasteiger partial charge in [-0.05, 0) is 38.5 Å². The second-order valence-electron chi connectivity index (χ2n) is 5.53. The van der Waals surface area contributed by atoms with E-state index in [2.05, 4.69) is 61.0 Å². The topological polar surface area (TPSA) is 26.0 Å². The average molecular weight is 304 g/mol. The Labute approximate surface area is 117 Å². The number of nitrogen functional groups attached to an aromatic ring is 1. The monoisotopic (exact) mass is 303 g/mol. The Kier molecular flexibility index (Phi) is 3.49. The number of hydrogen-bond donors (Lipinski definition) is 1. The fourth-order valence-electron chi connectivity index (χ4n) is 1.94. The van der Waals surface area contributed by atoms with Crippen molar-refractivity contribution in [3.05, 3.63) is 52.5 Å². The van der Waals surface area contributed by atoms with E-state index in [0.29, 0.717) is 0 Å². The first kappa shape index (κ1) is 13.2. The zero-order valence-corrected chi connectivity index (χ0v) is 12.6. The third-order valence-electron chi connectivity index (χ3n) is 3.11. The second kappa shape index (κ2) is 4.77. The summed E-state index contributed by atoms with van der Waals surface area (Å²) in [6, 6.07) is 14.6. The summed E-state index contributed by atoms with van der Waals surface area (Å²) in [4.78, 5) is 0. The van der Waals surface area contributed by atoms with Crippen molar-refractivity contribution < 1.29 is 0 Å². The molecule has 2 rings (SSSR count). The molecule has 0 bridgehead atoms. The number of anilines is 1. The third-order valence-corrected chi connectivity index (χ3v) is 3.81. The van der Waals surface area contributed by atoms with Crippen molar-refractivity contribution in [2.75, 3.05) is 5.73 Å². The molecule has 1 nitrogen and oxygen atoms in total. The molecule has 0 atom stereocenters. The highest BCUT2D eigenvalue weighted by Crippen LogP contribution is 2.32. The SMILES string of the molecule is CC(C)(C)c1ccc(-c2cccc(Br)c2N)cc1. The molecule has 2 aromatic rings. The van der Waals surface area contributed by atoms with Gasteiger partial charge in [0.05, 0.1) is 5.69 Å². The molecule has 0 saturated heterocycles. The molecule has 0 aliphatic heterocycles. The van der Waals surface area contributed by atoms with Gasteiger partial charge in [0, 0.05) is 10.0 Å². The molecular formula is C16H18BrN. The van der Waals surface area contributed by atoms with Crippen LogP contribution in [0.15, 0.2) is 46.9 Å². The van der Waals surface area contributed by atoms with Crippen LogP contribution in [-0.2, 0) is 5.41 Å². The summed E-state index contributed by atoms with van der Waals surface area (Å²) in [5, 5.41) is 0.